The number of carbonyl (C=O) groups is 1. The molecule has 0 aliphatic carbocycles. The first-order valence-electron chi connectivity index (χ1n) is 7.72. The normalized spacial score (nSPS) is 11.0. The maximum atomic E-state index is 11.1. The highest BCUT2D eigenvalue weighted by atomic mass is 16.5. The van der Waals surface area contributed by atoms with Crippen LogP contribution >= 0.6 is 0 Å². The second-order valence-electron chi connectivity index (χ2n) is 5.03. The first kappa shape index (κ1) is 16.0. The number of carbonyl (C=O) groups excluding carboxylic acids is 1. The predicted octanol–water partition coefficient (Wildman–Crippen LogP) is 3.70. The van der Waals surface area contributed by atoms with Gasteiger partial charge in [0.1, 0.15) is 0 Å². The molecular formula is C18H22N2O2. The highest BCUT2D eigenvalue weighted by molar-refractivity contribution is 5.81. The molecule has 2 aromatic rings. The quantitative estimate of drug-likeness (QED) is 0.424. The molecule has 0 unspecified atom stereocenters. The minimum absolute atomic E-state index is 0.258. The molecule has 0 radical (unpaired) electrons. The number of unbranched alkanes of at least 4 members (excludes halogenated alkanes) is 2. The van der Waals surface area contributed by atoms with Crippen molar-refractivity contribution >= 4 is 5.97 Å². The van der Waals surface area contributed by atoms with E-state index in [2.05, 4.69) is 11.3 Å². The lowest BCUT2D eigenvalue weighted by atomic mass is 10.1. The van der Waals surface area contributed by atoms with Crippen LogP contribution in [-0.2, 0) is 16.0 Å². The molecule has 0 aliphatic heterocycles. The van der Waals surface area contributed by atoms with E-state index in [1.807, 2.05) is 47.3 Å². The van der Waals surface area contributed by atoms with Gasteiger partial charge in [0.25, 0.3) is 0 Å². The standard InChI is InChI=1S/C18H22N2O2/c1-2-22-18(21)13-9-4-3-6-10-16-14-19-20(15-16)17-11-7-5-8-12-17/h5,7-9,11-15H,2-4,6,10H2,1H3/b13-9+. The zero-order chi connectivity index (χ0) is 15.6. The topological polar surface area (TPSA) is 44.1 Å². The van der Waals surface area contributed by atoms with Crippen molar-refractivity contribution < 1.29 is 9.53 Å². The molecule has 0 atom stereocenters. The van der Waals surface area contributed by atoms with Gasteiger partial charge in [0.2, 0.25) is 0 Å². The molecule has 4 heteroatoms. The summed E-state index contributed by atoms with van der Waals surface area (Å²) in [7, 11) is 0. The summed E-state index contributed by atoms with van der Waals surface area (Å²) in [5.41, 5.74) is 2.31. The summed E-state index contributed by atoms with van der Waals surface area (Å²) in [5, 5.41) is 4.39. The monoisotopic (exact) mass is 298 g/mol. The van der Waals surface area contributed by atoms with E-state index in [4.69, 9.17) is 4.74 Å². The summed E-state index contributed by atoms with van der Waals surface area (Å²) in [6, 6.07) is 10.1. The Morgan fingerprint density at radius 1 is 1.27 bits per heavy atom. The Morgan fingerprint density at radius 3 is 2.86 bits per heavy atom. The van der Waals surface area contributed by atoms with E-state index >= 15 is 0 Å². The third-order valence-corrected chi connectivity index (χ3v) is 3.28. The molecule has 4 nitrogen and oxygen atoms in total. The minimum atomic E-state index is -0.258. The lowest BCUT2D eigenvalue weighted by molar-refractivity contribution is -0.137. The number of aromatic nitrogens is 2. The van der Waals surface area contributed by atoms with E-state index in [9.17, 15) is 4.79 Å². The van der Waals surface area contributed by atoms with Crippen LogP contribution in [0.4, 0.5) is 0 Å². The average Bonchev–Trinajstić information content (AvgIpc) is 3.01. The van der Waals surface area contributed by atoms with Crippen molar-refractivity contribution in [2.75, 3.05) is 6.61 Å². The summed E-state index contributed by atoms with van der Waals surface area (Å²) >= 11 is 0. The number of hydrogen-bond acceptors (Lipinski definition) is 3. The summed E-state index contributed by atoms with van der Waals surface area (Å²) < 4.78 is 6.72. The predicted molar refractivity (Wildman–Crippen MR) is 86.9 cm³/mol. The van der Waals surface area contributed by atoms with Gasteiger partial charge in [0.15, 0.2) is 0 Å². The molecule has 2 rings (SSSR count). The molecule has 0 bridgehead atoms. The first-order chi connectivity index (χ1) is 10.8. The largest absolute Gasteiger partial charge is 0.463 e. The third kappa shape index (κ3) is 5.20. The van der Waals surface area contributed by atoms with Crippen molar-refractivity contribution in [1.29, 1.82) is 0 Å². The van der Waals surface area contributed by atoms with Crippen LogP contribution in [0.1, 0.15) is 31.7 Å². The van der Waals surface area contributed by atoms with E-state index in [0.29, 0.717) is 6.61 Å². The fraction of sp³-hybridized carbons (Fsp3) is 0.333. The summed E-state index contributed by atoms with van der Waals surface area (Å²) in [5.74, 6) is -0.258. The zero-order valence-electron chi connectivity index (χ0n) is 12.9. The number of para-hydroxylation sites is 1. The Labute approximate surface area is 131 Å². The molecule has 0 amide bonds. The van der Waals surface area contributed by atoms with Crippen LogP contribution in [0.5, 0.6) is 0 Å². The number of esters is 1. The smallest absolute Gasteiger partial charge is 0.330 e. The maximum Gasteiger partial charge on any atom is 0.330 e. The van der Waals surface area contributed by atoms with E-state index in [0.717, 1.165) is 31.4 Å². The van der Waals surface area contributed by atoms with Gasteiger partial charge in [-0.05, 0) is 50.3 Å². The SMILES string of the molecule is CCOC(=O)/C=C/CCCCc1cnn(-c2ccccc2)c1. The van der Waals surface area contributed by atoms with Crippen molar-refractivity contribution in [3.63, 3.8) is 0 Å². The van der Waals surface area contributed by atoms with Crippen LogP contribution in [0, 0.1) is 0 Å². The maximum absolute atomic E-state index is 11.1. The highest BCUT2D eigenvalue weighted by Crippen LogP contribution is 2.10. The highest BCUT2D eigenvalue weighted by Gasteiger charge is 2.00. The van der Waals surface area contributed by atoms with Gasteiger partial charge >= 0.3 is 5.97 Å². The molecule has 22 heavy (non-hydrogen) atoms. The molecule has 0 N–H and O–H groups in total. The van der Waals surface area contributed by atoms with Gasteiger partial charge < -0.3 is 4.74 Å². The molecule has 116 valence electrons. The van der Waals surface area contributed by atoms with Gasteiger partial charge in [0, 0.05) is 12.3 Å². The van der Waals surface area contributed by atoms with Gasteiger partial charge in [-0.2, -0.15) is 5.10 Å². The molecule has 0 saturated carbocycles. The van der Waals surface area contributed by atoms with E-state index in [1.165, 1.54) is 11.6 Å². The second-order valence-corrected chi connectivity index (χ2v) is 5.03. The number of hydrogen-bond donors (Lipinski definition) is 0. The minimum Gasteiger partial charge on any atom is -0.463 e. The lowest BCUT2D eigenvalue weighted by Crippen LogP contribution is -1.98. The van der Waals surface area contributed by atoms with Crippen molar-refractivity contribution in [3.8, 4) is 5.69 Å². The Bertz CT molecular complexity index is 603. The van der Waals surface area contributed by atoms with Gasteiger partial charge in [-0.15, -0.1) is 0 Å². The number of allylic oxidation sites excluding steroid dienone is 1. The van der Waals surface area contributed by atoms with E-state index < -0.39 is 0 Å². The Kier molecular flexibility index (Phi) is 6.42. The number of ether oxygens (including phenoxy) is 1. The summed E-state index contributed by atoms with van der Waals surface area (Å²) in [6.07, 6.45) is 11.4. The van der Waals surface area contributed by atoms with Crippen molar-refractivity contribution in [1.82, 2.24) is 9.78 Å². The molecule has 1 aromatic heterocycles. The van der Waals surface area contributed by atoms with Crippen molar-refractivity contribution in [3.05, 3.63) is 60.4 Å². The number of rotatable bonds is 8. The molecular weight excluding hydrogens is 276 g/mol. The van der Waals surface area contributed by atoms with Crippen LogP contribution in [-0.4, -0.2) is 22.4 Å². The van der Waals surface area contributed by atoms with Crippen LogP contribution in [0.2, 0.25) is 0 Å². The van der Waals surface area contributed by atoms with Crippen LogP contribution in [0.15, 0.2) is 54.9 Å². The fourth-order valence-electron chi connectivity index (χ4n) is 2.17. The Hall–Kier alpha value is -2.36. The molecule has 1 aromatic carbocycles. The Morgan fingerprint density at radius 2 is 2.09 bits per heavy atom. The first-order valence-corrected chi connectivity index (χ1v) is 7.72. The zero-order valence-corrected chi connectivity index (χ0v) is 12.9. The molecule has 0 spiro atoms. The van der Waals surface area contributed by atoms with Crippen LogP contribution in [0.25, 0.3) is 5.69 Å². The van der Waals surface area contributed by atoms with Gasteiger partial charge in [-0.1, -0.05) is 24.3 Å². The van der Waals surface area contributed by atoms with Crippen LogP contribution in [0.3, 0.4) is 0 Å². The van der Waals surface area contributed by atoms with Gasteiger partial charge in [-0.3, -0.25) is 0 Å². The van der Waals surface area contributed by atoms with Gasteiger partial charge in [-0.25, -0.2) is 9.48 Å². The van der Waals surface area contributed by atoms with Crippen LogP contribution < -0.4 is 0 Å². The van der Waals surface area contributed by atoms with E-state index in [-0.39, 0.29) is 5.97 Å². The van der Waals surface area contributed by atoms with Crippen molar-refractivity contribution in [2.45, 2.75) is 32.6 Å². The fourth-order valence-corrected chi connectivity index (χ4v) is 2.17. The third-order valence-electron chi connectivity index (χ3n) is 3.28. The number of aryl methyl sites for hydroxylation is 1. The molecule has 1 heterocycles. The molecule has 0 aliphatic rings. The van der Waals surface area contributed by atoms with Crippen molar-refractivity contribution in [2.24, 2.45) is 0 Å². The average molecular weight is 298 g/mol. The summed E-state index contributed by atoms with van der Waals surface area (Å²) in [6.45, 7) is 2.23. The molecule has 0 fully saturated rings. The Balaban J connectivity index is 1.70. The number of nitrogens with zero attached hydrogens (tertiary/aromatic N) is 2. The summed E-state index contributed by atoms with van der Waals surface area (Å²) in [4.78, 5) is 11.1. The molecule has 0 saturated heterocycles. The van der Waals surface area contributed by atoms with E-state index in [1.54, 1.807) is 6.92 Å². The second kappa shape index (κ2) is 8.82. The van der Waals surface area contributed by atoms with Gasteiger partial charge in [0.05, 0.1) is 18.5 Å². The number of benzene rings is 1. The lowest BCUT2D eigenvalue weighted by Gasteiger charge is -1.99.